The van der Waals surface area contributed by atoms with Crippen LogP contribution in [0, 0.1) is 0 Å². The average molecular weight is 244 g/mol. The zero-order chi connectivity index (χ0) is 12.7. The quantitative estimate of drug-likeness (QED) is 0.676. The van der Waals surface area contributed by atoms with Crippen LogP contribution in [0.1, 0.15) is 19.8 Å². The van der Waals surface area contributed by atoms with Gasteiger partial charge in [0.1, 0.15) is 6.10 Å². The fourth-order valence-electron chi connectivity index (χ4n) is 1.73. The number of nitrogens with zero attached hydrogens (tertiary/aromatic N) is 2. The fourth-order valence-corrected chi connectivity index (χ4v) is 1.73. The van der Waals surface area contributed by atoms with Crippen molar-refractivity contribution in [3.8, 4) is 0 Å². The van der Waals surface area contributed by atoms with Crippen LogP contribution in [0.5, 0.6) is 0 Å². The number of carboxylic acid groups (broad SMARTS) is 1. The molecule has 0 bridgehead atoms. The van der Waals surface area contributed by atoms with Crippen molar-refractivity contribution < 1.29 is 19.5 Å². The maximum atomic E-state index is 10.7. The van der Waals surface area contributed by atoms with E-state index in [2.05, 4.69) is 5.16 Å². The van der Waals surface area contributed by atoms with E-state index in [9.17, 15) is 4.79 Å². The Kier molecular flexibility index (Phi) is 5.93. The first-order chi connectivity index (χ1) is 8.15. The van der Waals surface area contributed by atoms with Gasteiger partial charge in [-0.25, -0.2) is 0 Å². The molecule has 0 radical (unpaired) electrons. The zero-order valence-electron chi connectivity index (χ0n) is 10.4. The highest BCUT2D eigenvalue weighted by Crippen LogP contribution is 2.13. The highest BCUT2D eigenvalue weighted by molar-refractivity contribution is 5.85. The second-order valence-corrected chi connectivity index (χ2v) is 4.06. The highest BCUT2D eigenvalue weighted by Gasteiger charge is 2.23. The maximum absolute atomic E-state index is 10.7. The molecule has 0 saturated carbocycles. The summed E-state index contributed by atoms with van der Waals surface area (Å²) in [5, 5.41) is 12.8. The summed E-state index contributed by atoms with van der Waals surface area (Å²) in [6.45, 7) is 3.71. The number of carbonyl (C=O) groups is 1. The van der Waals surface area contributed by atoms with Crippen LogP contribution in [-0.2, 0) is 14.4 Å². The molecule has 98 valence electrons. The SMILES string of the molecule is CCC1=NO[C@@H](CN(CCOC)CC(=O)O)C1. The van der Waals surface area contributed by atoms with Crippen molar-refractivity contribution in [3.05, 3.63) is 0 Å². The van der Waals surface area contributed by atoms with Gasteiger partial charge in [0.2, 0.25) is 0 Å². The second-order valence-electron chi connectivity index (χ2n) is 4.06. The Hall–Kier alpha value is -1.14. The van der Waals surface area contributed by atoms with Crippen LogP contribution in [0.4, 0.5) is 0 Å². The topological polar surface area (TPSA) is 71.4 Å². The van der Waals surface area contributed by atoms with Crippen LogP contribution in [0.3, 0.4) is 0 Å². The molecule has 1 atom stereocenters. The molecule has 0 aromatic heterocycles. The number of methoxy groups -OCH3 is 1. The molecule has 0 aromatic rings. The van der Waals surface area contributed by atoms with Gasteiger partial charge in [-0.1, -0.05) is 12.1 Å². The van der Waals surface area contributed by atoms with Gasteiger partial charge in [-0.2, -0.15) is 0 Å². The van der Waals surface area contributed by atoms with Crippen LogP contribution in [-0.4, -0.2) is 61.1 Å². The standard InChI is InChI=1S/C11H20N2O4/c1-3-9-6-10(17-12-9)7-13(4-5-16-2)8-11(14)15/h10H,3-8H2,1-2H3,(H,14,15)/t10-/m1/s1. The Balaban J connectivity index is 2.35. The zero-order valence-corrected chi connectivity index (χ0v) is 10.4. The van der Waals surface area contributed by atoms with Crippen LogP contribution >= 0.6 is 0 Å². The lowest BCUT2D eigenvalue weighted by Crippen LogP contribution is -2.38. The van der Waals surface area contributed by atoms with Crippen molar-refractivity contribution in [3.63, 3.8) is 0 Å². The molecule has 1 aliphatic rings. The van der Waals surface area contributed by atoms with E-state index in [0.717, 1.165) is 18.6 Å². The monoisotopic (exact) mass is 244 g/mol. The fraction of sp³-hybridized carbons (Fsp3) is 0.818. The van der Waals surface area contributed by atoms with Gasteiger partial charge >= 0.3 is 5.97 Å². The largest absolute Gasteiger partial charge is 0.480 e. The van der Waals surface area contributed by atoms with Gasteiger partial charge in [0.25, 0.3) is 0 Å². The van der Waals surface area contributed by atoms with Crippen molar-refractivity contribution in [2.45, 2.75) is 25.9 Å². The van der Waals surface area contributed by atoms with Crippen LogP contribution in [0.25, 0.3) is 0 Å². The molecule has 1 N–H and O–H groups in total. The molecule has 0 aliphatic carbocycles. The number of hydrogen-bond donors (Lipinski definition) is 1. The minimum absolute atomic E-state index is 0.00464. The van der Waals surface area contributed by atoms with E-state index in [0.29, 0.717) is 19.7 Å². The number of rotatable bonds is 8. The number of oxime groups is 1. The molecule has 0 saturated heterocycles. The van der Waals surface area contributed by atoms with Gasteiger partial charge in [-0.15, -0.1) is 0 Å². The molecular formula is C11H20N2O4. The van der Waals surface area contributed by atoms with E-state index in [1.807, 2.05) is 11.8 Å². The first kappa shape index (κ1) is 13.9. The van der Waals surface area contributed by atoms with Crippen molar-refractivity contribution in [1.82, 2.24) is 4.90 Å². The van der Waals surface area contributed by atoms with Gasteiger partial charge in [-0.05, 0) is 6.42 Å². The highest BCUT2D eigenvalue weighted by atomic mass is 16.6. The Morgan fingerprint density at radius 1 is 1.71 bits per heavy atom. The summed E-state index contributed by atoms with van der Waals surface area (Å²) in [5.74, 6) is -0.837. The molecule has 1 aliphatic heterocycles. The smallest absolute Gasteiger partial charge is 0.317 e. The van der Waals surface area contributed by atoms with E-state index in [1.54, 1.807) is 7.11 Å². The first-order valence-electron chi connectivity index (χ1n) is 5.80. The predicted molar refractivity (Wildman–Crippen MR) is 63.2 cm³/mol. The Labute approximate surface area is 101 Å². The van der Waals surface area contributed by atoms with Crippen LogP contribution in [0.15, 0.2) is 5.16 Å². The Bertz CT molecular complexity index is 281. The summed E-state index contributed by atoms with van der Waals surface area (Å²) in [5.41, 5.74) is 1.04. The van der Waals surface area contributed by atoms with E-state index in [4.69, 9.17) is 14.7 Å². The Morgan fingerprint density at radius 3 is 3.00 bits per heavy atom. The van der Waals surface area contributed by atoms with Crippen LogP contribution < -0.4 is 0 Å². The third-order valence-electron chi connectivity index (χ3n) is 2.63. The third-order valence-corrected chi connectivity index (χ3v) is 2.63. The predicted octanol–water partition coefficient (Wildman–Crippen LogP) is 0.574. The third kappa shape index (κ3) is 5.14. The van der Waals surface area contributed by atoms with Gasteiger partial charge in [0, 0.05) is 26.6 Å². The number of carboxylic acids is 1. The van der Waals surface area contributed by atoms with Gasteiger partial charge in [0.05, 0.1) is 18.9 Å². The molecule has 1 heterocycles. The van der Waals surface area contributed by atoms with Crippen LogP contribution in [0.2, 0.25) is 0 Å². The molecule has 6 heteroatoms. The summed E-state index contributed by atoms with van der Waals surface area (Å²) in [4.78, 5) is 17.8. The number of ether oxygens (including phenoxy) is 1. The average Bonchev–Trinajstić information content (AvgIpc) is 2.73. The lowest BCUT2D eigenvalue weighted by Gasteiger charge is -2.22. The van der Waals surface area contributed by atoms with E-state index in [-0.39, 0.29) is 12.6 Å². The van der Waals surface area contributed by atoms with Crippen molar-refractivity contribution in [1.29, 1.82) is 0 Å². The van der Waals surface area contributed by atoms with Gasteiger partial charge in [0.15, 0.2) is 0 Å². The lowest BCUT2D eigenvalue weighted by molar-refractivity contribution is -0.138. The molecule has 0 fully saturated rings. The molecule has 0 aromatic carbocycles. The van der Waals surface area contributed by atoms with E-state index >= 15 is 0 Å². The maximum Gasteiger partial charge on any atom is 0.317 e. The Morgan fingerprint density at radius 2 is 2.47 bits per heavy atom. The molecule has 17 heavy (non-hydrogen) atoms. The molecule has 6 nitrogen and oxygen atoms in total. The minimum atomic E-state index is -0.837. The minimum Gasteiger partial charge on any atom is -0.480 e. The summed E-state index contributed by atoms with van der Waals surface area (Å²) in [6, 6.07) is 0. The normalized spacial score (nSPS) is 19.2. The van der Waals surface area contributed by atoms with Crippen molar-refractivity contribution in [2.75, 3.05) is 33.4 Å². The van der Waals surface area contributed by atoms with E-state index < -0.39 is 5.97 Å². The molecule has 0 unspecified atom stereocenters. The number of hydrogen-bond acceptors (Lipinski definition) is 5. The summed E-state index contributed by atoms with van der Waals surface area (Å²) in [7, 11) is 1.60. The molecular weight excluding hydrogens is 224 g/mol. The summed E-state index contributed by atoms with van der Waals surface area (Å²) < 4.78 is 4.96. The second kappa shape index (κ2) is 7.24. The van der Waals surface area contributed by atoms with Crippen molar-refractivity contribution >= 4 is 11.7 Å². The molecule has 0 spiro atoms. The van der Waals surface area contributed by atoms with Gasteiger partial charge in [-0.3, -0.25) is 9.69 Å². The molecule has 0 amide bonds. The summed E-state index contributed by atoms with van der Waals surface area (Å²) >= 11 is 0. The molecule has 1 rings (SSSR count). The number of aliphatic carboxylic acids is 1. The first-order valence-corrected chi connectivity index (χ1v) is 5.80. The van der Waals surface area contributed by atoms with Gasteiger partial charge < -0.3 is 14.7 Å². The lowest BCUT2D eigenvalue weighted by atomic mass is 10.1. The van der Waals surface area contributed by atoms with Crippen molar-refractivity contribution in [2.24, 2.45) is 5.16 Å². The van der Waals surface area contributed by atoms with E-state index in [1.165, 1.54) is 0 Å². The summed E-state index contributed by atoms with van der Waals surface area (Å²) in [6.07, 6.45) is 1.65.